The summed E-state index contributed by atoms with van der Waals surface area (Å²) in [6.45, 7) is 4.57. The van der Waals surface area contributed by atoms with Crippen LogP contribution in [0.1, 0.15) is 21.5 Å². The predicted octanol–water partition coefficient (Wildman–Crippen LogP) is 2.51. The second kappa shape index (κ2) is 5.40. The maximum atomic E-state index is 12.1. The van der Waals surface area contributed by atoms with Gasteiger partial charge in [0.25, 0.3) is 5.91 Å². The molecule has 1 aromatic heterocycles. The fraction of sp³-hybridized carbons (Fsp3) is 0.286. The number of thiol groups is 1. The van der Waals surface area contributed by atoms with Crippen LogP contribution >= 0.6 is 12.6 Å². The fourth-order valence-corrected chi connectivity index (χ4v) is 2.08. The Morgan fingerprint density at radius 2 is 2.17 bits per heavy atom. The molecule has 0 saturated carbocycles. The average molecular weight is 260 g/mol. The number of pyridine rings is 1. The quantitative estimate of drug-likeness (QED) is 0.833. The molecule has 1 amide bonds. The van der Waals surface area contributed by atoms with Gasteiger partial charge >= 0.3 is 0 Å². The van der Waals surface area contributed by atoms with Crippen LogP contribution in [0.25, 0.3) is 10.9 Å². The molecule has 0 unspecified atom stereocenters. The van der Waals surface area contributed by atoms with E-state index >= 15 is 0 Å². The van der Waals surface area contributed by atoms with Crippen LogP contribution in [0.4, 0.5) is 0 Å². The Morgan fingerprint density at radius 1 is 1.39 bits per heavy atom. The molecule has 18 heavy (non-hydrogen) atoms. The molecule has 2 rings (SSSR count). The molecule has 0 atom stereocenters. The molecule has 0 saturated heterocycles. The van der Waals surface area contributed by atoms with Crippen LogP contribution in [0.3, 0.4) is 0 Å². The molecule has 1 aromatic carbocycles. The summed E-state index contributed by atoms with van der Waals surface area (Å²) in [5.41, 5.74) is 3.59. The third-order valence-electron chi connectivity index (χ3n) is 2.85. The van der Waals surface area contributed by atoms with Crippen LogP contribution in [-0.4, -0.2) is 23.2 Å². The van der Waals surface area contributed by atoms with Crippen molar-refractivity contribution in [3.63, 3.8) is 0 Å². The number of fused-ring (bicyclic) bond motifs is 1. The standard InChI is InChI=1S/C14H16N2OS/c1-9-7-11-10(2)3-4-15-13(11)12(8-9)14(17)16-5-6-18/h3-4,7-8,18H,5-6H2,1-2H3,(H,16,17). The highest BCUT2D eigenvalue weighted by Crippen LogP contribution is 2.21. The molecule has 0 radical (unpaired) electrons. The molecule has 2 aromatic rings. The van der Waals surface area contributed by atoms with Gasteiger partial charge in [-0.1, -0.05) is 0 Å². The van der Waals surface area contributed by atoms with Gasteiger partial charge in [-0.15, -0.1) is 0 Å². The lowest BCUT2D eigenvalue weighted by atomic mass is 10.0. The first-order valence-electron chi connectivity index (χ1n) is 5.88. The highest BCUT2D eigenvalue weighted by molar-refractivity contribution is 7.80. The van der Waals surface area contributed by atoms with Gasteiger partial charge < -0.3 is 5.32 Å². The summed E-state index contributed by atoms with van der Waals surface area (Å²) in [7, 11) is 0. The van der Waals surface area contributed by atoms with Gasteiger partial charge in [0.15, 0.2) is 0 Å². The Kier molecular flexibility index (Phi) is 3.87. The smallest absolute Gasteiger partial charge is 0.253 e. The van der Waals surface area contributed by atoms with Gasteiger partial charge in [-0.2, -0.15) is 12.6 Å². The van der Waals surface area contributed by atoms with Crippen molar-refractivity contribution in [2.24, 2.45) is 0 Å². The summed E-state index contributed by atoms with van der Waals surface area (Å²) in [5.74, 6) is 0.540. The minimum Gasteiger partial charge on any atom is -0.351 e. The van der Waals surface area contributed by atoms with Crippen LogP contribution in [0.15, 0.2) is 24.4 Å². The topological polar surface area (TPSA) is 42.0 Å². The number of hydrogen-bond acceptors (Lipinski definition) is 3. The summed E-state index contributed by atoms with van der Waals surface area (Å²) in [5, 5.41) is 3.87. The van der Waals surface area contributed by atoms with Crippen molar-refractivity contribution in [2.75, 3.05) is 12.3 Å². The number of benzene rings is 1. The number of nitrogens with one attached hydrogen (secondary N) is 1. The summed E-state index contributed by atoms with van der Waals surface area (Å²) < 4.78 is 0. The first kappa shape index (κ1) is 12.9. The third-order valence-corrected chi connectivity index (χ3v) is 3.07. The van der Waals surface area contributed by atoms with Crippen LogP contribution < -0.4 is 5.32 Å². The first-order chi connectivity index (χ1) is 8.63. The zero-order valence-corrected chi connectivity index (χ0v) is 11.4. The van der Waals surface area contributed by atoms with E-state index in [0.717, 1.165) is 22.0 Å². The van der Waals surface area contributed by atoms with Gasteiger partial charge in [-0.25, -0.2) is 0 Å². The number of hydrogen-bond donors (Lipinski definition) is 2. The van der Waals surface area contributed by atoms with E-state index in [1.54, 1.807) is 6.20 Å². The predicted molar refractivity (Wildman–Crippen MR) is 77.4 cm³/mol. The fourth-order valence-electron chi connectivity index (χ4n) is 1.97. The molecule has 1 N–H and O–H groups in total. The number of carbonyl (C=O) groups is 1. The summed E-state index contributed by atoms with van der Waals surface area (Å²) in [6.07, 6.45) is 1.74. The van der Waals surface area contributed by atoms with E-state index in [0.29, 0.717) is 17.9 Å². The van der Waals surface area contributed by atoms with Gasteiger partial charge in [0.05, 0.1) is 11.1 Å². The highest BCUT2D eigenvalue weighted by Gasteiger charge is 2.12. The van der Waals surface area contributed by atoms with Crippen molar-refractivity contribution in [2.45, 2.75) is 13.8 Å². The highest BCUT2D eigenvalue weighted by atomic mass is 32.1. The lowest BCUT2D eigenvalue weighted by Gasteiger charge is -2.09. The zero-order chi connectivity index (χ0) is 13.1. The van der Waals surface area contributed by atoms with E-state index < -0.39 is 0 Å². The molecule has 0 aliphatic rings. The molecule has 0 fully saturated rings. The zero-order valence-electron chi connectivity index (χ0n) is 10.5. The molecule has 0 spiro atoms. The minimum absolute atomic E-state index is 0.0872. The maximum absolute atomic E-state index is 12.1. The number of aromatic nitrogens is 1. The lowest BCUT2D eigenvalue weighted by Crippen LogP contribution is -2.25. The normalized spacial score (nSPS) is 10.6. The molecular weight excluding hydrogens is 244 g/mol. The lowest BCUT2D eigenvalue weighted by molar-refractivity contribution is 0.0957. The average Bonchev–Trinajstić information content (AvgIpc) is 2.36. The van der Waals surface area contributed by atoms with Crippen LogP contribution in [0.5, 0.6) is 0 Å². The molecule has 0 aliphatic carbocycles. The molecule has 4 heteroatoms. The molecule has 0 bridgehead atoms. The minimum atomic E-state index is -0.0872. The molecule has 3 nitrogen and oxygen atoms in total. The van der Waals surface area contributed by atoms with Gasteiger partial charge in [0, 0.05) is 23.9 Å². The Hall–Kier alpha value is -1.55. The van der Waals surface area contributed by atoms with Crippen molar-refractivity contribution in [1.82, 2.24) is 10.3 Å². The van der Waals surface area contributed by atoms with Crippen molar-refractivity contribution < 1.29 is 4.79 Å². The van der Waals surface area contributed by atoms with E-state index in [1.165, 1.54) is 0 Å². The number of amides is 1. The first-order valence-corrected chi connectivity index (χ1v) is 6.51. The molecular formula is C14H16N2OS. The Morgan fingerprint density at radius 3 is 2.89 bits per heavy atom. The largest absolute Gasteiger partial charge is 0.351 e. The van der Waals surface area contributed by atoms with E-state index in [1.807, 2.05) is 26.0 Å². The van der Waals surface area contributed by atoms with Gasteiger partial charge in [-0.05, 0) is 43.2 Å². The van der Waals surface area contributed by atoms with Crippen LogP contribution in [0, 0.1) is 13.8 Å². The van der Waals surface area contributed by atoms with Crippen molar-refractivity contribution in [3.05, 3.63) is 41.1 Å². The number of nitrogens with zero attached hydrogens (tertiary/aromatic N) is 1. The van der Waals surface area contributed by atoms with Crippen LogP contribution in [-0.2, 0) is 0 Å². The Labute approximate surface area is 112 Å². The van der Waals surface area contributed by atoms with Gasteiger partial charge in [-0.3, -0.25) is 9.78 Å². The SMILES string of the molecule is Cc1cc(C(=O)NCCS)c2nccc(C)c2c1. The summed E-state index contributed by atoms with van der Waals surface area (Å²) >= 11 is 4.09. The molecule has 0 aliphatic heterocycles. The second-order valence-corrected chi connectivity index (χ2v) is 4.76. The van der Waals surface area contributed by atoms with E-state index in [2.05, 4.69) is 29.0 Å². The van der Waals surface area contributed by atoms with Crippen molar-refractivity contribution in [3.8, 4) is 0 Å². The number of carbonyl (C=O) groups excluding carboxylic acids is 1. The summed E-state index contributed by atoms with van der Waals surface area (Å²) in [4.78, 5) is 16.4. The molecule has 94 valence electrons. The van der Waals surface area contributed by atoms with Crippen molar-refractivity contribution in [1.29, 1.82) is 0 Å². The van der Waals surface area contributed by atoms with Gasteiger partial charge in [0.1, 0.15) is 0 Å². The second-order valence-electron chi connectivity index (χ2n) is 4.32. The van der Waals surface area contributed by atoms with E-state index in [9.17, 15) is 4.79 Å². The third kappa shape index (κ3) is 2.48. The maximum Gasteiger partial charge on any atom is 0.253 e. The van der Waals surface area contributed by atoms with Gasteiger partial charge in [0.2, 0.25) is 0 Å². The monoisotopic (exact) mass is 260 g/mol. The van der Waals surface area contributed by atoms with Crippen LogP contribution in [0.2, 0.25) is 0 Å². The molecule has 1 heterocycles. The number of rotatable bonds is 3. The Balaban J connectivity index is 2.56. The summed E-state index contributed by atoms with van der Waals surface area (Å²) in [6, 6.07) is 5.90. The number of aryl methyl sites for hydroxylation is 2. The van der Waals surface area contributed by atoms with Crippen molar-refractivity contribution >= 4 is 29.4 Å². The Bertz CT molecular complexity index is 596. The van der Waals surface area contributed by atoms with E-state index in [4.69, 9.17) is 0 Å². The van der Waals surface area contributed by atoms with E-state index in [-0.39, 0.29) is 5.91 Å².